The Bertz CT molecular complexity index is 1150. The van der Waals surface area contributed by atoms with Crippen LogP contribution in [0.3, 0.4) is 0 Å². The van der Waals surface area contributed by atoms with Gasteiger partial charge < -0.3 is 25.5 Å². The quantitative estimate of drug-likeness (QED) is 0.518. The molecule has 0 aliphatic carbocycles. The van der Waals surface area contributed by atoms with Gasteiger partial charge in [0, 0.05) is 24.5 Å². The summed E-state index contributed by atoms with van der Waals surface area (Å²) in [6, 6.07) is 11.9. The zero-order chi connectivity index (χ0) is 26.4. The minimum absolute atomic E-state index is 0.108. The molecule has 1 aliphatic rings. The van der Waals surface area contributed by atoms with Gasteiger partial charge in [-0.1, -0.05) is 44.2 Å². The highest BCUT2D eigenvalue weighted by atomic mass is 16.4. The van der Waals surface area contributed by atoms with Crippen LogP contribution in [0.15, 0.2) is 42.5 Å². The van der Waals surface area contributed by atoms with Gasteiger partial charge in [-0.25, -0.2) is 4.79 Å². The first-order chi connectivity index (χ1) is 17.0. The summed E-state index contributed by atoms with van der Waals surface area (Å²) in [7, 11) is 0. The molecule has 2 aromatic rings. The van der Waals surface area contributed by atoms with Gasteiger partial charge in [-0.15, -0.1) is 0 Å². The van der Waals surface area contributed by atoms with E-state index < -0.39 is 12.0 Å². The van der Waals surface area contributed by atoms with Gasteiger partial charge in [-0.2, -0.15) is 0 Å². The number of anilines is 2. The third-order valence-electron chi connectivity index (χ3n) is 6.21. The number of amides is 4. The minimum atomic E-state index is -1.07. The number of para-hydroxylation sites is 1. The Kier molecular flexibility index (Phi) is 8.68. The van der Waals surface area contributed by atoms with Crippen molar-refractivity contribution in [2.45, 2.75) is 46.6 Å². The number of nitrogens with zero attached hydrogens (tertiary/aromatic N) is 2. The van der Waals surface area contributed by atoms with Gasteiger partial charge in [-0.3, -0.25) is 14.4 Å². The van der Waals surface area contributed by atoms with Crippen LogP contribution in [0.4, 0.5) is 16.2 Å². The van der Waals surface area contributed by atoms with Crippen molar-refractivity contribution in [3.05, 3.63) is 59.2 Å². The highest BCUT2D eigenvalue weighted by molar-refractivity contribution is 6.00. The molecule has 2 aromatic carbocycles. The van der Waals surface area contributed by atoms with E-state index in [1.54, 1.807) is 17.0 Å². The van der Waals surface area contributed by atoms with Crippen LogP contribution in [0.5, 0.6) is 0 Å². The summed E-state index contributed by atoms with van der Waals surface area (Å²) in [5, 5.41) is 14.8. The summed E-state index contributed by atoms with van der Waals surface area (Å²) >= 11 is 0. The highest BCUT2D eigenvalue weighted by Crippen LogP contribution is 2.22. The first-order valence-corrected chi connectivity index (χ1v) is 12.1. The average Bonchev–Trinajstić information content (AvgIpc) is 2.79. The summed E-state index contributed by atoms with van der Waals surface area (Å²) in [6.45, 7) is 7.84. The number of aliphatic carboxylic acids is 1. The lowest BCUT2D eigenvalue weighted by Crippen LogP contribution is -2.60. The van der Waals surface area contributed by atoms with E-state index in [0.717, 1.165) is 22.4 Å². The second-order valence-electron chi connectivity index (χ2n) is 9.61. The monoisotopic (exact) mass is 494 g/mol. The zero-order valence-electron chi connectivity index (χ0n) is 21.2. The fourth-order valence-corrected chi connectivity index (χ4v) is 4.37. The molecule has 1 aliphatic heterocycles. The van der Waals surface area contributed by atoms with Crippen molar-refractivity contribution >= 4 is 35.2 Å². The highest BCUT2D eigenvalue weighted by Gasteiger charge is 2.38. The average molecular weight is 495 g/mol. The molecule has 0 aromatic heterocycles. The number of carboxylic acids is 1. The number of aryl methyl sites for hydroxylation is 2. The van der Waals surface area contributed by atoms with Gasteiger partial charge >= 0.3 is 12.0 Å². The number of nitrogens with one attached hydrogen (secondary N) is 2. The summed E-state index contributed by atoms with van der Waals surface area (Å²) in [4.78, 5) is 52.6. The van der Waals surface area contributed by atoms with Crippen molar-refractivity contribution in [3.63, 3.8) is 0 Å². The maximum atomic E-state index is 13.2. The maximum Gasteiger partial charge on any atom is 0.323 e. The number of carboxylic acid groups (broad SMARTS) is 1. The Labute approximate surface area is 211 Å². The first kappa shape index (κ1) is 26.7. The van der Waals surface area contributed by atoms with E-state index in [1.165, 1.54) is 4.90 Å². The van der Waals surface area contributed by atoms with Gasteiger partial charge in [0.05, 0.1) is 6.42 Å². The van der Waals surface area contributed by atoms with Crippen LogP contribution in [0, 0.1) is 19.8 Å². The molecule has 0 bridgehead atoms. The number of benzene rings is 2. The molecule has 9 heteroatoms. The van der Waals surface area contributed by atoms with Crippen molar-refractivity contribution in [2.24, 2.45) is 5.92 Å². The lowest BCUT2D eigenvalue weighted by molar-refractivity contribution is -0.155. The molecule has 1 saturated heterocycles. The van der Waals surface area contributed by atoms with Gasteiger partial charge in [0.2, 0.25) is 11.8 Å². The predicted molar refractivity (Wildman–Crippen MR) is 138 cm³/mol. The number of hydrogen-bond donors (Lipinski definition) is 3. The first-order valence-electron chi connectivity index (χ1n) is 12.1. The molecule has 1 fully saturated rings. The Balaban J connectivity index is 1.66. The number of rotatable bonds is 8. The molecule has 192 valence electrons. The Hall–Kier alpha value is -3.88. The summed E-state index contributed by atoms with van der Waals surface area (Å²) in [6.07, 6.45) is 0.579. The maximum absolute atomic E-state index is 13.2. The summed E-state index contributed by atoms with van der Waals surface area (Å²) in [5.41, 5.74) is 3.89. The van der Waals surface area contributed by atoms with Crippen LogP contribution in [-0.4, -0.2) is 64.4 Å². The van der Waals surface area contributed by atoms with Gasteiger partial charge in [-0.05, 0) is 55.0 Å². The number of piperazine rings is 1. The number of carbonyl (C=O) groups excluding carboxylic acids is 3. The van der Waals surface area contributed by atoms with Crippen LogP contribution in [0.1, 0.15) is 37.0 Å². The summed E-state index contributed by atoms with van der Waals surface area (Å²) < 4.78 is 0. The molecule has 0 spiro atoms. The molecule has 3 rings (SSSR count). The molecular weight excluding hydrogens is 460 g/mol. The molecule has 9 nitrogen and oxygen atoms in total. The molecule has 0 saturated carbocycles. The molecule has 4 amide bonds. The second kappa shape index (κ2) is 11.7. The molecule has 3 N–H and O–H groups in total. The van der Waals surface area contributed by atoms with E-state index >= 15 is 0 Å². The lowest BCUT2D eigenvalue weighted by Gasteiger charge is -2.41. The number of hydrogen-bond acceptors (Lipinski definition) is 4. The zero-order valence-corrected chi connectivity index (χ0v) is 21.2. The standard InChI is InChI=1S/C27H34N4O5/c1-17(2)13-23-26(35)30(16-25(33)34)11-12-31(23)24(32)15-20-9-10-22(19(4)14-20)29-27(36)28-21-8-6-5-7-18(21)3/h5-10,14,17,23H,11-13,15-16H2,1-4H3,(H,33,34)(H2,28,29,36). The molecular formula is C27H34N4O5. The molecule has 0 radical (unpaired) electrons. The topological polar surface area (TPSA) is 119 Å². The molecule has 1 unspecified atom stereocenters. The van der Waals surface area contributed by atoms with Crippen LogP contribution in [-0.2, 0) is 20.8 Å². The fraction of sp³-hybridized carbons (Fsp3) is 0.407. The van der Waals surface area contributed by atoms with E-state index in [9.17, 15) is 19.2 Å². The smallest absolute Gasteiger partial charge is 0.323 e. The molecule has 36 heavy (non-hydrogen) atoms. The van der Waals surface area contributed by atoms with Crippen molar-refractivity contribution in [1.29, 1.82) is 0 Å². The van der Waals surface area contributed by atoms with E-state index in [2.05, 4.69) is 10.6 Å². The van der Waals surface area contributed by atoms with Crippen molar-refractivity contribution in [3.8, 4) is 0 Å². The van der Waals surface area contributed by atoms with Crippen LogP contribution >= 0.6 is 0 Å². The fourth-order valence-electron chi connectivity index (χ4n) is 4.37. The predicted octanol–water partition coefficient (Wildman–Crippen LogP) is 3.66. The minimum Gasteiger partial charge on any atom is -0.480 e. The van der Waals surface area contributed by atoms with Gasteiger partial charge in [0.25, 0.3) is 0 Å². The van der Waals surface area contributed by atoms with E-state index in [-0.39, 0.29) is 43.3 Å². The third kappa shape index (κ3) is 6.84. The summed E-state index contributed by atoms with van der Waals surface area (Å²) in [5.74, 6) is -1.40. The Morgan fingerprint density at radius 1 is 1.00 bits per heavy atom. The Morgan fingerprint density at radius 2 is 1.67 bits per heavy atom. The Morgan fingerprint density at radius 3 is 2.28 bits per heavy atom. The van der Waals surface area contributed by atoms with E-state index in [4.69, 9.17) is 5.11 Å². The van der Waals surface area contributed by atoms with Gasteiger partial charge in [0.15, 0.2) is 0 Å². The molecule has 1 atom stereocenters. The van der Waals surface area contributed by atoms with Crippen LogP contribution in [0.2, 0.25) is 0 Å². The second-order valence-corrected chi connectivity index (χ2v) is 9.61. The number of carbonyl (C=O) groups is 4. The van der Waals surface area contributed by atoms with E-state index in [1.807, 2.05) is 58.0 Å². The lowest BCUT2D eigenvalue weighted by atomic mass is 9.98. The normalized spacial score (nSPS) is 15.7. The van der Waals surface area contributed by atoms with Crippen molar-refractivity contribution in [1.82, 2.24) is 9.80 Å². The van der Waals surface area contributed by atoms with Crippen LogP contribution < -0.4 is 10.6 Å². The van der Waals surface area contributed by atoms with E-state index in [0.29, 0.717) is 18.7 Å². The molecule has 1 heterocycles. The SMILES string of the molecule is Cc1ccccc1NC(=O)Nc1ccc(CC(=O)N2CCN(CC(=O)O)C(=O)C2CC(C)C)cc1C. The van der Waals surface area contributed by atoms with Crippen molar-refractivity contribution < 1.29 is 24.3 Å². The third-order valence-corrected chi connectivity index (χ3v) is 6.21. The largest absolute Gasteiger partial charge is 0.480 e. The number of urea groups is 1. The van der Waals surface area contributed by atoms with Gasteiger partial charge in [0.1, 0.15) is 12.6 Å². The van der Waals surface area contributed by atoms with Crippen molar-refractivity contribution in [2.75, 3.05) is 30.3 Å². The van der Waals surface area contributed by atoms with Crippen LogP contribution in [0.25, 0.3) is 0 Å².